The molecule has 0 amide bonds. The molecule has 0 aliphatic rings. The van der Waals surface area contributed by atoms with Crippen molar-refractivity contribution in [2.24, 2.45) is 0 Å². The predicted molar refractivity (Wildman–Crippen MR) is 96.7 cm³/mol. The highest BCUT2D eigenvalue weighted by molar-refractivity contribution is 9.10. The van der Waals surface area contributed by atoms with Gasteiger partial charge < -0.3 is 10.3 Å². The molecule has 0 bridgehead atoms. The number of fused-ring (bicyclic) bond motifs is 1. The number of aromatic amines is 1. The van der Waals surface area contributed by atoms with Gasteiger partial charge in [0.05, 0.1) is 11.0 Å². The third-order valence-electron chi connectivity index (χ3n) is 3.43. The van der Waals surface area contributed by atoms with E-state index < -0.39 is 0 Å². The minimum atomic E-state index is -0.263. The molecule has 1 aromatic heterocycles. The third-order valence-corrected chi connectivity index (χ3v) is 3.93. The Morgan fingerprint density at radius 1 is 1.04 bits per heavy atom. The van der Waals surface area contributed by atoms with E-state index in [1.165, 1.54) is 0 Å². The standard InChI is InChI=1S/C18H9BrN6/c19-13-4-5-15-16(7-13)25-18(24-15)11-2-1-3-14(6-11)23-17(10-22)12(8-20)9-21/h1-7,23H,(H,24,25). The first-order valence-corrected chi connectivity index (χ1v) is 7.91. The Bertz CT molecular complexity index is 1100. The number of rotatable bonds is 3. The molecule has 0 saturated heterocycles. The summed E-state index contributed by atoms with van der Waals surface area (Å²) in [5.74, 6) is 0.681. The van der Waals surface area contributed by atoms with Crippen LogP contribution in [0.1, 0.15) is 0 Å². The van der Waals surface area contributed by atoms with Crippen LogP contribution in [0.4, 0.5) is 5.69 Å². The number of nitrogens with zero attached hydrogens (tertiary/aromatic N) is 4. The molecule has 25 heavy (non-hydrogen) atoms. The molecule has 2 N–H and O–H groups in total. The van der Waals surface area contributed by atoms with Gasteiger partial charge in [-0.3, -0.25) is 0 Å². The Labute approximate surface area is 151 Å². The number of aromatic nitrogens is 2. The number of H-pyrrole nitrogens is 1. The molecule has 7 heteroatoms. The highest BCUT2D eigenvalue weighted by atomic mass is 79.9. The topological polar surface area (TPSA) is 112 Å². The fourth-order valence-electron chi connectivity index (χ4n) is 2.29. The summed E-state index contributed by atoms with van der Waals surface area (Å²) < 4.78 is 0.954. The van der Waals surface area contributed by atoms with Gasteiger partial charge >= 0.3 is 0 Å². The first-order valence-electron chi connectivity index (χ1n) is 7.12. The average Bonchev–Trinajstić information content (AvgIpc) is 3.05. The van der Waals surface area contributed by atoms with Gasteiger partial charge in [-0.25, -0.2) is 4.98 Å². The minimum absolute atomic E-state index is 0.0873. The summed E-state index contributed by atoms with van der Waals surface area (Å²) in [7, 11) is 0. The molecule has 0 atom stereocenters. The molecule has 3 rings (SSSR count). The maximum absolute atomic E-state index is 9.13. The highest BCUT2D eigenvalue weighted by Crippen LogP contribution is 2.25. The van der Waals surface area contributed by atoms with E-state index in [0.717, 1.165) is 21.1 Å². The Hall–Kier alpha value is -3.60. The first-order chi connectivity index (χ1) is 12.1. The summed E-state index contributed by atoms with van der Waals surface area (Å²) >= 11 is 3.43. The molecule has 118 valence electrons. The number of allylic oxidation sites excluding steroid dienone is 2. The normalized spacial score (nSPS) is 9.68. The lowest BCUT2D eigenvalue weighted by Gasteiger charge is -2.06. The van der Waals surface area contributed by atoms with Crippen molar-refractivity contribution in [3.63, 3.8) is 0 Å². The number of nitrogens with one attached hydrogen (secondary N) is 2. The van der Waals surface area contributed by atoms with Gasteiger partial charge in [0.25, 0.3) is 0 Å². The van der Waals surface area contributed by atoms with Gasteiger partial charge in [0.2, 0.25) is 0 Å². The Morgan fingerprint density at radius 2 is 1.84 bits per heavy atom. The molecule has 1 heterocycles. The lowest BCUT2D eigenvalue weighted by atomic mass is 10.1. The van der Waals surface area contributed by atoms with E-state index >= 15 is 0 Å². The largest absolute Gasteiger partial charge is 0.345 e. The monoisotopic (exact) mass is 388 g/mol. The molecule has 0 unspecified atom stereocenters. The fourth-order valence-corrected chi connectivity index (χ4v) is 2.65. The summed E-state index contributed by atoms with van der Waals surface area (Å²) in [5.41, 5.74) is 2.78. The van der Waals surface area contributed by atoms with E-state index in [1.54, 1.807) is 30.3 Å². The van der Waals surface area contributed by atoms with Gasteiger partial charge in [-0.05, 0) is 30.3 Å². The number of hydrogen-bond acceptors (Lipinski definition) is 5. The van der Waals surface area contributed by atoms with E-state index in [-0.39, 0.29) is 11.3 Å². The Morgan fingerprint density at radius 3 is 2.56 bits per heavy atom. The summed E-state index contributed by atoms with van der Waals surface area (Å²) in [5, 5.41) is 29.7. The zero-order valence-electron chi connectivity index (χ0n) is 12.7. The van der Waals surface area contributed by atoms with Gasteiger partial charge in [-0.1, -0.05) is 28.1 Å². The van der Waals surface area contributed by atoms with Crippen molar-refractivity contribution in [2.45, 2.75) is 0 Å². The number of imidazole rings is 1. The summed E-state index contributed by atoms with van der Waals surface area (Å²) in [6.07, 6.45) is 0. The molecule has 0 spiro atoms. The zero-order chi connectivity index (χ0) is 17.8. The number of benzene rings is 2. The third kappa shape index (κ3) is 3.35. The molecule has 3 aromatic rings. The number of nitriles is 3. The van der Waals surface area contributed by atoms with Crippen LogP contribution in [0.2, 0.25) is 0 Å². The van der Waals surface area contributed by atoms with E-state index in [4.69, 9.17) is 15.8 Å². The van der Waals surface area contributed by atoms with Crippen molar-refractivity contribution in [2.75, 3.05) is 5.32 Å². The maximum atomic E-state index is 9.13. The molecule has 0 radical (unpaired) electrons. The molecular formula is C18H9BrN6. The second-order valence-electron chi connectivity index (χ2n) is 5.04. The van der Waals surface area contributed by atoms with Crippen molar-refractivity contribution in [1.29, 1.82) is 15.8 Å². The van der Waals surface area contributed by atoms with Crippen LogP contribution in [0.25, 0.3) is 22.4 Å². The lowest BCUT2D eigenvalue weighted by Crippen LogP contribution is -2.00. The molecule has 6 nitrogen and oxygen atoms in total. The quantitative estimate of drug-likeness (QED) is 0.651. The maximum Gasteiger partial charge on any atom is 0.163 e. The predicted octanol–water partition coefficient (Wildman–Crippen LogP) is 4.23. The molecule has 0 aliphatic carbocycles. The van der Waals surface area contributed by atoms with Crippen molar-refractivity contribution in [3.8, 4) is 29.6 Å². The Balaban J connectivity index is 1.99. The Kier molecular flexibility index (Phi) is 4.48. The van der Waals surface area contributed by atoms with Crippen LogP contribution in [0.5, 0.6) is 0 Å². The van der Waals surface area contributed by atoms with Gasteiger partial charge in [-0.15, -0.1) is 0 Å². The van der Waals surface area contributed by atoms with Crippen molar-refractivity contribution in [1.82, 2.24) is 9.97 Å². The van der Waals surface area contributed by atoms with Crippen molar-refractivity contribution >= 4 is 32.7 Å². The molecule has 2 aromatic carbocycles. The van der Waals surface area contributed by atoms with E-state index in [9.17, 15) is 0 Å². The second-order valence-corrected chi connectivity index (χ2v) is 5.95. The summed E-state index contributed by atoms with van der Waals surface area (Å²) in [6, 6.07) is 18.2. The summed E-state index contributed by atoms with van der Waals surface area (Å²) in [4.78, 5) is 7.79. The van der Waals surface area contributed by atoms with Gasteiger partial charge in [0, 0.05) is 15.7 Å². The van der Waals surface area contributed by atoms with Crippen molar-refractivity contribution < 1.29 is 0 Å². The van der Waals surface area contributed by atoms with E-state index in [2.05, 4.69) is 31.2 Å². The van der Waals surface area contributed by atoms with E-state index in [1.807, 2.05) is 30.3 Å². The minimum Gasteiger partial charge on any atom is -0.345 e. The highest BCUT2D eigenvalue weighted by Gasteiger charge is 2.09. The van der Waals surface area contributed by atoms with Crippen LogP contribution in [0.15, 0.2) is 58.2 Å². The SMILES string of the molecule is N#CC(C#N)=C(C#N)Nc1cccc(-c2nc3ccc(Br)cc3[nH]2)c1. The first kappa shape index (κ1) is 16.3. The number of anilines is 1. The van der Waals surface area contributed by atoms with E-state index in [0.29, 0.717) is 11.5 Å². The lowest BCUT2D eigenvalue weighted by molar-refractivity contribution is 1.33. The van der Waals surface area contributed by atoms with Crippen LogP contribution in [0.3, 0.4) is 0 Å². The number of hydrogen-bond donors (Lipinski definition) is 2. The van der Waals surface area contributed by atoms with Crippen molar-refractivity contribution in [3.05, 3.63) is 58.2 Å². The van der Waals surface area contributed by atoms with Gasteiger partial charge in [0.15, 0.2) is 5.57 Å². The van der Waals surface area contributed by atoms with Crippen LogP contribution in [-0.2, 0) is 0 Å². The number of halogens is 1. The summed E-state index contributed by atoms with van der Waals surface area (Å²) in [6.45, 7) is 0. The van der Waals surface area contributed by atoms with Crippen LogP contribution in [0, 0.1) is 34.0 Å². The molecular weight excluding hydrogens is 380 g/mol. The fraction of sp³-hybridized carbons (Fsp3) is 0. The van der Waals surface area contributed by atoms with Crippen LogP contribution >= 0.6 is 15.9 Å². The molecule has 0 saturated carbocycles. The van der Waals surface area contributed by atoms with Gasteiger partial charge in [0.1, 0.15) is 29.7 Å². The molecule has 0 aliphatic heterocycles. The average molecular weight is 389 g/mol. The van der Waals surface area contributed by atoms with Gasteiger partial charge in [-0.2, -0.15) is 15.8 Å². The second kappa shape index (κ2) is 6.88. The molecule has 0 fully saturated rings. The van der Waals surface area contributed by atoms with Crippen LogP contribution < -0.4 is 5.32 Å². The van der Waals surface area contributed by atoms with Crippen LogP contribution in [-0.4, -0.2) is 9.97 Å². The zero-order valence-corrected chi connectivity index (χ0v) is 14.3. The smallest absolute Gasteiger partial charge is 0.163 e.